The molecule has 0 spiro atoms. The van der Waals surface area contributed by atoms with E-state index in [1.165, 1.54) is 4.31 Å². The van der Waals surface area contributed by atoms with Gasteiger partial charge in [-0.25, -0.2) is 8.42 Å². The second-order valence-corrected chi connectivity index (χ2v) is 8.19. The number of piperidine rings is 1. The number of aromatic nitrogens is 1. The minimum Gasteiger partial charge on any atom is -0.396 e. The van der Waals surface area contributed by atoms with Crippen LogP contribution in [0.4, 0.5) is 0 Å². The number of fused-ring (bicyclic) bond motifs is 1. The number of aliphatic hydroxyl groups excluding tert-OH is 1. The Balaban J connectivity index is 2.11. The molecule has 2 unspecified atom stereocenters. The fourth-order valence-electron chi connectivity index (χ4n) is 3.27. The molecule has 0 aliphatic carbocycles. The van der Waals surface area contributed by atoms with Crippen molar-refractivity contribution < 1.29 is 13.5 Å². The Morgan fingerprint density at radius 2 is 2.09 bits per heavy atom. The van der Waals surface area contributed by atoms with Gasteiger partial charge in [0.25, 0.3) is 0 Å². The van der Waals surface area contributed by atoms with Crippen LogP contribution in [0.5, 0.6) is 0 Å². The molecule has 0 saturated carbocycles. The van der Waals surface area contributed by atoms with E-state index in [1.54, 1.807) is 30.5 Å². The molecule has 23 heavy (non-hydrogen) atoms. The number of hydrogen-bond acceptors (Lipinski definition) is 4. The zero-order valence-corrected chi connectivity index (χ0v) is 14.3. The number of aryl methyl sites for hydroxylation is 1. The molecule has 1 aliphatic rings. The molecule has 1 aromatic carbocycles. The van der Waals surface area contributed by atoms with Crippen LogP contribution in [-0.4, -0.2) is 42.0 Å². The third kappa shape index (κ3) is 2.86. The predicted molar refractivity (Wildman–Crippen MR) is 89.6 cm³/mol. The van der Waals surface area contributed by atoms with Crippen molar-refractivity contribution in [3.05, 3.63) is 36.0 Å². The minimum absolute atomic E-state index is 0.0100. The van der Waals surface area contributed by atoms with Crippen molar-refractivity contribution in [1.82, 2.24) is 9.29 Å². The van der Waals surface area contributed by atoms with Crippen LogP contribution in [0.1, 0.15) is 25.3 Å². The van der Waals surface area contributed by atoms with Crippen molar-refractivity contribution in [2.75, 3.05) is 13.2 Å². The van der Waals surface area contributed by atoms with Crippen LogP contribution in [0.15, 0.2) is 35.4 Å². The molecular weight excluding hydrogens is 312 g/mol. The first-order valence-corrected chi connectivity index (χ1v) is 9.36. The molecule has 6 heteroatoms. The van der Waals surface area contributed by atoms with Gasteiger partial charge in [-0.2, -0.15) is 4.31 Å². The highest BCUT2D eigenvalue weighted by Crippen LogP contribution is 2.31. The highest BCUT2D eigenvalue weighted by atomic mass is 32.2. The van der Waals surface area contributed by atoms with Crippen LogP contribution < -0.4 is 0 Å². The molecule has 0 bridgehead atoms. The summed E-state index contributed by atoms with van der Waals surface area (Å²) in [7, 11) is -3.62. The van der Waals surface area contributed by atoms with Gasteiger partial charge in [0.05, 0.1) is 10.4 Å². The first kappa shape index (κ1) is 16.4. The first-order chi connectivity index (χ1) is 10.9. The van der Waals surface area contributed by atoms with E-state index in [0.717, 1.165) is 23.9 Å². The van der Waals surface area contributed by atoms with Gasteiger partial charge in [0.1, 0.15) is 0 Å². The molecule has 2 aromatic rings. The Labute approximate surface area is 137 Å². The summed E-state index contributed by atoms with van der Waals surface area (Å²) in [5.74, 6) is 0.0100. The number of nitrogens with zero attached hydrogens (tertiary/aromatic N) is 2. The lowest BCUT2D eigenvalue weighted by molar-refractivity contribution is 0.139. The molecule has 3 rings (SSSR count). The molecule has 2 heterocycles. The van der Waals surface area contributed by atoms with Gasteiger partial charge in [-0.1, -0.05) is 6.07 Å². The van der Waals surface area contributed by atoms with Gasteiger partial charge in [-0.15, -0.1) is 0 Å². The molecule has 1 N–H and O–H groups in total. The molecule has 1 saturated heterocycles. The molecule has 1 aromatic heterocycles. The standard InChI is InChI=1S/C17H22N2O3S/c1-12-5-8-16(15-4-3-9-18-17(12)15)23(21,22)19-10-14(11-20)7-6-13(19)2/h3-5,8-9,13-14,20H,6-7,10-11H2,1-2H3. The highest BCUT2D eigenvalue weighted by molar-refractivity contribution is 7.89. The number of sulfonamides is 1. The van der Waals surface area contributed by atoms with E-state index < -0.39 is 10.0 Å². The van der Waals surface area contributed by atoms with Crippen molar-refractivity contribution in [3.63, 3.8) is 0 Å². The van der Waals surface area contributed by atoms with Crippen molar-refractivity contribution in [1.29, 1.82) is 0 Å². The van der Waals surface area contributed by atoms with Crippen LogP contribution >= 0.6 is 0 Å². The van der Waals surface area contributed by atoms with Crippen LogP contribution in [0.2, 0.25) is 0 Å². The Hall–Kier alpha value is -1.50. The molecule has 124 valence electrons. The van der Waals surface area contributed by atoms with Crippen LogP contribution in [0.3, 0.4) is 0 Å². The SMILES string of the molecule is Cc1ccc(S(=O)(=O)N2CC(CO)CCC2C)c2cccnc12. The lowest BCUT2D eigenvalue weighted by Gasteiger charge is -2.36. The van der Waals surface area contributed by atoms with E-state index in [0.29, 0.717) is 16.8 Å². The molecule has 0 radical (unpaired) electrons. The Morgan fingerprint density at radius 3 is 2.83 bits per heavy atom. The summed E-state index contributed by atoms with van der Waals surface area (Å²) < 4.78 is 27.9. The van der Waals surface area contributed by atoms with E-state index >= 15 is 0 Å². The smallest absolute Gasteiger partial charge is 0.243 e. The normalized spacial score (nSPS) is 23.3. The van der Waals surface area contributed by atoms with E-state index in [2.05, 4.69) is 4.98 Å². The number of benzene rings is 1. The second-order valence-electron chi connectivity index (χ2n) is 6.33. The lowest BCUT2D eigenvalue weighted by atomic mass is 9.96. The quantitative estimate of drug-likeness (QED) is 0.935. The molecule has 5 nitrogen and oxygen atoms in total. The van der Waals surface area contributed by atoms with Gasteiger partial charge in [0.15, 0.2) is 0 Å². The zero-order chi connectivity index (χ0) is 16.6. The van der Waals surface area contributed by atoms with Gasteiger partial charge < -0.3 is 5.11 Å². The summed E-state index contributed by atoms with van der Waals surface area (Å²) >= 11 is 0. The maximum atomic E-state index is 13.2. The van der Waals surface area contributed by atoms with Crippen molar-refractivity contribution >= 4 is 20.9 Å². The van der Waals surface area contributed by atoms with E-state index in [4.69, 9.17) is 0 Å². The third-order valence-electron chi connectivity index (χ3n) is 4.70. The van der Waals surface area contributed by atoms with Crippen LogP contribution in [0, 0.1) is 12.8 Å². The Kier molecular flexibility index (Phi) is 4.40. The Morgan fingerprint density at radius 1 is 1.30 bits per heavy atom. The average Bonchev–Trinajstić information content (AvgIpc) is 2.55. The second kappa shape index (κ2) is 6.19. The van der Waals surface area contributed by atoms with Crippen LogP contribution in [0.25, 0.3) is 10.9 Å². The van der Waals surface area contributed by atoms with Gasteiger partial charge in [-0.05, 0) is 56.4 Å². The van der Waals surface area contributed by atoms with Crippen molar-refractivity contribution in [2.24, 2.45) is 5.92 Å². The van der Waals surface area contributed by atoms with Gasteiger partial charge in [-0.3, -0.25) is 4.98 Å². The maximum absolute atomic E-state index is 13.2. The predicted octanol–water partition coefficient (Wildman–Crippen LogP) is 2.32. The largest absolute Gasteiger partial charge is 0.396 e. The molecule has 1 aliphatic heterocycles. The number of rotatable bonds is 3. The summed E-state index contributed by atoms with van der Waals surface area (Å²) in [6.45, 7) is 4.25. The number of hydrogen-bond donors (Lipinski definition) is 1. The van der Waals surface area contributed by atoms with E-state index in [-0.39, 0.29) is 18.6 Å². The molecule has 1 fully saturated rings. The van der Waals surface area contributed by atoms with Crippen LogP contribution in [-0.2, 0) is 10.0 Å². The Bertz CT molecular complexity index is 820. The maximum Gasteiger partial charge on any atom is 0.243 e. The van der Waals surface area contributed by atoms with Crippen molar-refractivity contribution in [2.45, 2.75) is 37.6 Å². The van der Waals surface area contributed by atoms with Gasteiger partial charge in [0.2, 0.25) is 10.0 Å². The fourth-order valence-corrected chi connectivity index (χ4v) is 5.19. The monoisotopic (exact) mass is 334 g/mol. The lowest BCUT2D eigenvalue weighted by Crippen LogP contribution is -2.46. The summed E-state index contributed by atoms with van der Waals surface area (Å²) in [5.41, 5.74) is 1.68. The number of aliphatic hydroxyl groups is 1. The van der Waals surface area contributed by atoms with Crippen molar-refractivity contribution in [3.8, 4) is 0 Å². The molecule has 2 atom stereocenters. The molecular formula is C17H22N2O3S. The van der Waals surface area contributed by atoms with E-state index in [1.807, 2.05) is 13.8 Å². The summed E-state index contributed by atoms with van der Waals surface area (Å²) in [5, 5.41) is 10.1. The van der Waals surface area contributed by atoms with E-state index in [9.17, 15) is 13.5 Å². The minimum atomic E-state index is -3.62. The highest BCUT2D eigenvalue weighted by Gasteiger charge is 2.35. The zero-order valence-electron chi connectivity index (χ0n) is 13.4. The van der Waals surface area contributed by atoms with Gasteiger partial charge in [0, 0.05) is 30.8 Å². The summed E-state index contributed by atoms with van der Waals surface area (Å²) in [6.07, 6.45) is 3.31. The third-order valence-corrected chi connectivity index (χ3v) is 6.74. The fraction of sp³-hybridized carbons (Fsp3) is 0.471. The average molecular weight is 334 g/mol. The van der Waals surface area contributed by atoms with Gasteiger partial charge >= 0.3 is 0 Å². The molecule has 0 amide bonds. The number of pyridine rings is 1. The first-order valence-electron chi connectivity index (χ1n) is 7.92. The topological polar surface area (TPSA) is 70.5 Å². The summed E-state index contributed by atoms with van der Waals surface area (Å²) in [6, 6.07) is 6.98. The summed E-state index contributed by atoms with van der Waals surface area (Å²) in [4.78, 5) is 4.63.